The molecule has 1 saturated heterocycles. The number of cyclic esters (lactones) is 1. The summed E-state index contributed by atoms with van der Waals surface area (Å²) < 4.78 is 39.2. The molecule has 0 unspecified atom stereocenters. The molecule has 16 heteroatoms. The van der Waals surface area contributed by atoms with Crippen molar-refractivity contribution in [2.45, 2.75) is 73.9 Å². The third-order valence-electron chi connectivity index (χ3n) is 9.64. The lowest BCUT2D eigenvalue weighted by Gasteiger charge is -2.43. The number of rotatable bonds is 8. The van der Waals surface area contributed by atoms with Gasteiger partial charge in [0.25, 0.3) is 5.91 Å². The van der Waals surface area contributed by atoms with Crippen molar-refractivity contribution in [3.63, 3.8) is 0 Å². The van der Waals surface area contributed by atoms with E-state index in [1.807, 2.05) is 36.4 Å². The maximum absolute atomic E-state index is 14.4. The Morgan fingerprint density at radius 1 is 1.19 bits per heavy atom. The first kappa shape index (κ1) is 36.5. The van der Waals surface area contributed by atoms with Crippen LogP contribution in [-0.4, -0.2) is 109 Å². The van der Waals surface area contributed by atoms with E-state index in [4.69, 9.17) is 9.47 Å². The average molecular weight is 735 g/mol. The summed E-state index contributed by atoms with van der Waals surface area (Å²) in [7, 11) is -2.49. The van der Waals surface area contributed by atoms with Crippen molar-refractivity contribution in [2.24, 2.45) is 0 Å². The van der Waals surface area contributed by atoms with E-state index in [1.54, 1.807) is 6.20 Å². The van der Waals surface area contributed by atoms with Crippen LogP contribution in [-0.2, 0) is 33.9 Å². The van der Waals surface area contributed by atoms with E-state index in [9.17, 15) is 32.4 Å². The number of carbonyl (C=O) groups is 5. The fraction of sp³-hybridized carbons (Fsp3) is 0.444. The topological polar surface area (TPSA) is 193 Å². The number of carbonyl (C=O) groups excluding carboxylic acids is 5. The Labute approximate surface area is 301 Å². The minimum atomic E-state index is -3.92. The third-order valence-corrected chi connectivity index (χ3v) is 11.5. The number of hydrogen-bond donors (Lipinski definition) is 3. The first-order valence-electron chi connectivity index (χ1n) is 17.2. The van der Waals surface area contributed by atoms with Gasteiger partial charge in [-0.1, -0.05) is 43.0 Å². The van der Waals surface area contributed by atoms with Gasteiger partial charge in [0.2, 0.25) is 33.6 Å². The van der Waals surface area contributed by atoms with Crippen LogP contribution in [0.3, 0.4) is 0 Å². The van der Waals surface area contributed by atoms with Gasteiger partial charge >= 0.3 is 6.09 Å². The smallest absolute Gasteiger partial charge is 0.407 e. The number of nitrogens with one attached hydrogen (secondary N) is 3. The summed E-state index contributed by atoms with van der Waals surface area (Å²) in [6.45, 7) is 7.02. The fourth-order valence-electron chi connectivity index (χ4n) is 6.68. The Bertz CT molecular complexity index is 1950. The molecule has 2 aliphatic carbocycles. The number of amides is 5. The van der Waals surface area contributed by atoms with Crippen LogP contribution in [0.2, 0.25) is 0 Å². The maximum atomic E-state index is 14.4. The molecule has 2 saturated carbocycles. The summed E-state index contributed by atoms with van der Waals surface area (Å²) in [6, 6.07) is 5.07. The van der Waals surface area contributed by atoms with Crippen LogP contribution in [0.5, 0.6) is 5.88 Å². The Hall–Kier alpha value is -5.25. The molecule has 0 spiro atoms. The molecule has 52 heavy (non-hydrogen) atoms. The van der Waals surface area contributed by atoms with E-state index in [1.165, 1.54) is 16.8 Å². The standard InChI is InChI=1S/C36H42N6O9S/c1-4-30(43)41(3)21-28-33(45)42-20-25(17-29(42)31(44)39-36(18-22(2)19-36)34(46)40-52(48,49)26-11-12-26)51-32-27-16-23(9-10-24(27)13-14-37-32)8-6-5-7-15-50-35(47)38-28/h4,6,8-10,13-14,16,25-26,28-29H,1-2,5,7,11-12,15,17-21H2,3H3,(H,38,47)(H,39,44)(H,40,46)/b8-6+/t25-,28+,29+/m1/s1. The van der Waals surface area contributed by atoms with E-state index in [0.717, 1.165) is 22.4 Å². The lowest BCUT2D eigenvalue weighted by Crippen LogP contribution is -2.67. The first-order valence-corrected chi connectivity index (χ1v) is 18.7. The van der Waals surface area contributed by atoms with Gasteiger partial charge in [0.05, 0.1) is 24.9 Å². The Morgan fingerprint density at radius 3 is 2.67 bits per heavy atom. The summed E-state index contributed by atoms with van der Waals surface area (Å²) >= 11 is 0. The molecule has 15 nitrogen and oxygen atoms in total. The third kappa shape index (κ3) is 7.96. The quantitative estimate of drug-likeness (QED) is 0.267. The molecule has 1 aromatic carbocycles. The van der Waals surface area contributed by atoms with Gasteiger partial charge in [-0.2, -0.15) is 0 Å². The van der Waals surface area contributed by atoms with Crippen LogP contribution < -0.4 is 20.1 Å². The van der Waals surface area contributed by atoms with E-state index >= 15 is 0 Å². The minimum Gasteiger partial charge on any atom is -0.472 e. The molecule has 3 atom stereocenters. The van der Waals surface area contributed by atoms with Crippen molar-refractivity contribution in [1.29, 1.82) is 0 Å². The van der Waals surface area contributed by atoms with Gasteiger partial charge in [-0.3, -0.25) is 23.9 Å². The highest BCUT2D eigenvalue weighted by molar-refractivity contribution is 7.91. The summed E-state index contributed by atoms with van der Waals surface area (Å²) in [5.41, 5.74) is -0.0754. The molecular weight excluding hydrogens is 692 g/mol. The molecule has 5 amide bonds. The zero-order valence-corrected chi connectivity index (χ0v) is 29.7. The summed E-state index contributed by atoms with van der Waals surface area (Å²) in [5.74, 6) is -2.54. The largest absolute Gasteiger partial charge is 0.472 e. The van der Waals surface area contributed by atoms with Crippen molar-refractivity contribution in [3.8, 4) is 5.88 Å². The molecule has 3 N–H and O–H groups in total. The number of nitrogens with zero attached hydrogens (tertiary/aromatic N) is 3. The normalized spacial score (nSPS) is 23.9. The van der Waals surface area contributed by atoms with Crippen LogP contribution in [0, 0.1) is 0 Å². The second kappa shape index (κ2) is 14.8. The number of benzene rings is 1. The molecule has 6 rings (SSSR count). The first-order chi connectivity index (χ1) is 24.8. The fourth-order valence-corrected chi connectivity index (χ4v) is 8.06. The highest BCUT2D eigenvalue weighted by Crippen LogP contribution is 2.38. The highest BCUT2D eigenvalue weighted by Gasteiger charge is 2.53. The summed E-state index contributed by atoms with van der Waals surface area (Å²) in [5, 5.41) is 6.21. The van der Waals surface area contributed by atoms with Crippen LogP contribution >= 0.6 is 0 Å². The molecular formula is C36H42N6O9S. The molecule has 3 heterocycles. The molecule has 3 fully saturated rings. The predicted molar refractivity (Wildman–Crippen MR) is 190 cm³/mol. The average Bonchev–Trinajstić information content (AvgIpc) is 3.88. The molecule has 2 aliphatic heterocycles. The highest BCUT2D eigenvalue weighted by atomic mass is 32.2. The minimum absolute atomic E-state index is 0.00649. The van der Waals surface area contributed by atoms with Crippen molar-refractivity contribution in [2.75, 3.05) is 26.7 Å². The number of hydrogen-bond acceptors (Lipinski definition) is 10. The zero-order chi connectivity index (χ0) is 37.2. The zero-order valence-electron chi connectivity index (χ0n) is 28.8. The van der Waals surface area contributed by atoms with Crippen molar-refractivity contribution in [3.05, 3.63) is 66.9 Å². The van der Waals surface area contributed by atoms with Gasteiger partial charge in [-0.05, 0) is 54.8 Å². The van der Waals surface area contributed by atoms with Gasteiger partial charge < -0.3 is 29.9 Å². The van der Waals surface area contributed by atoms with Crippen molar-refractivity contribution >= 4 is 56.6 Å². The number of likely N-dealkylation sites (N-methyl/N-ethyl adjacent to an activating group) is 1. The SMILES string of the molecule is C=CC(=O)N(C)C[C@@H]1NC(=O)OCCC/C=C/c2ccc3ccnc(c3c2)O[C@@H]2C[C@@H](C(=O)NC3(C(=O)NS(=O)(=O)C4CC4)CC(=C)C3)N(C2)C1=O. The number of alkyl carbamates (subject to hydrolysis) is 1. The number of aromatic nitrogens is 1. The van der Waals surface area contributed by atoms with Crippen molar-refractivity contribution in [1.82, 2.24) is 30.1 Å². The lowest BCUT2D eigenvalue weighted by molar-refractivity contribution is -0.143. The number of pyridine rings is 1. The van der Waals surface area contributed by atoms with Gasteiger partial charge in [0.15, 0.2) is 0 Å². The molecule has 1 aromatic heterocycles. The molecule has 0 radical (unpaired) electrons. The van der Waals surface area contributed by atoms with E-state index in [0.29, 0.717) is 37.1 Å². The molecule has 2 aromatic rings. The number of allylic oxidation sites excluding steroid dienone is 1. The Kier molecular flexibility index (Phi) is 10.4. The van der Waals surface area contributed by atoms with Crippen LogP contribution in [0.15, 0.2) is 61.3 Å². The van der Waals surface area contributed by atoms with Gasteiger partial charge in [0, 0.05) is 37.9 Å². The Morgan fingerprint density at radius 2 is 1.96 bits per heavy atom. The predicted octanol–water partition coefficient (Wildman–Crippen LogP) is 1.94. The maximum Gasteiger partial charge on any atom is 0.407 e. The second-order valence-corrected chi connectivity index (χ2v) is 15.7. The Balaban J connectivity index is 1.34. The van der Waals surface area contributed by atoms with E-state index < -0.39 is 68.7 Å². The lowest BCUT2D eigenvalue weighted by atomic mass is 9.72. The summed E-state index contributed by atoms with van der Waals surface area (Å²) in [6.07, 6.45) is 6.86. The van der Waals surface area contributed by atoms with E-state index in [2.05, 4.69) is 33.5 Å². The van der Waals surface area contributed by atoms with Gasteiger partial charge in [0.1, 0.15) is 23.7 Å². The monoisotopic (exact) mass is 734 g/mol. The number of fused-ring (bicyclic) bond motifs is 3. The number of ether oxygens (including phenoxy) is 2. The summed E-state index contributed by atoms with van der Waals surface area (Å²) in [4.78, 5) is 74.4. The van der Waals surface area contributed by atoms with Crippen molar-refractivity contribution < 1.29 is 41.9 Å². The van der Waals surface area contributed by atoms with Crippen LogP contribution in [0.4, 0.5) is 4.79 Å². The van der Waals surface area contributed by atoms with Crippen LogP contribution in [0.1, 0.15) is 50.5 Å². The van der Waals surface area contributed by atoms with E-state index in [-0.39, 0.29) is 39.0 Å². The second-order valence-electron chi connectivity index (χ2n) is 13.7. The molecule has 4 bridgehead atoms. The number of sulfonamides is 1. The molecule has 276 valence electrons. The van der Waals surface area contributed by atoms with Crippen LogP contribution in [0.25, 0.3) is 16.8 Å². The van der Waals surface area contributed by atoms with Gasteiger partial charge in [-0.15, -0.1) is 0 Å². The van der Waals surface area contributed by atoms with Gasteiger partial charge in [-0.25, -0.2) is 18.2 Å². The molecule has 4 aliphatic rings.